The summed E-state index contributed by atoms with van der Waals surface area (Å²) in [6.07, 6.45) is 0. The van der Waals surface area contributed by atoms with Crippen LogP contribution < -0.4 is 28.4 Å². The molecule has 254 valence electrons. The van der Waals surface area contributed by atoms with Crippen molar-refractivity contribution in [2.45, 2.75) is 0 Å². The molecule has 12 heteroatoms. The molecule has 0 saturated carbocycles. The van der Waals surface area contributed by atoms with E-state index in [1.165, 1.54) is 0 Å². The van der Waals surface area contributed by atoms with Gasteiger partial charge in [-0.25, -0.2) is 0 Å². The molecule has 0 atom stereocenters. The number of ether oxygens (including phenoxy) is 12. The van der Waals surface area contributed by atoms with Crippen molar-refractivity contribution in [3.63, 3.8) is 0 Å². The largest absolute Gasteiger partial charge is 0.487 e. The van der Waals surface area contributed by atoms with Crippen LogP contribution in [0.25, 0.3) is 0 Å². The molecule has 0 aliphatic rings. The van der Waals surface area contributed by atoms with Crippen molar-refractivity contribution < 1.29 is 56.8 Å². The maximum atomic E-state index is 5.84. The lowest BCUT2D eigenvalue weighted by molar-refractivity contribution is 0.0232. The van der Waals surface area contributed by atoms with Gasteiger partial charge < -0.3 is 56.8 Å². The van der Waals surface area contributed by atoms with Crippen molar-refractivity contribution >= 4 is 0 Å². The fourth-order valence-corrected chi connectivity index (χ4v) is 3.80. The van der Waals surface area contributed by atoms with Crippen molar-refractivity contribution in [2.75, 3.05) is 107 Å². The molecule has 0 amide bonds. The Hall–Kier alpha value is -3.78. The molecule has 0 heterocycles. The smallest absolute Gasteiger partial charge is 0.188 e. The molecule has 3 aromatic rings. The molecular formula is C34H46O12. The summed E-state index contributed by atoms with van der Waals surface area (Å²) in [7, 11) is 3.14. The zero-order valence-electron chi connectivity index (χ0n) is 26.7. The van der Waals surface area contributed by atoms with E-state index in [-0.39, 0.29) is 13.6 Å². The first-order chi connectivity index (χ1) is 22.8. The zero-order valence-corrected chi connectivity index (χ0v) is 26.7. The van der Waals surface area contributed by atoms with Crippen LogP contribution in [0.4, 0.5) is 0 Å². The van der Waals surface area contributed by atoms with E-state index in [1.807, 2.05) is 72.8 Å². The highest BCUT2D eigenvalue weighted by Crippen LogP contribution is 2.28. The normalized spacial score (nSPS) is 10.8. The van der Waals surface area contributed by atoms with Crippen LogP contribution in [0.1, 0.15) is 0 Å². The van der Waals surface area contributed by atoms with Gasteiger partial charge in [0, 0.05) is 14.2 Å². The molecule has 0 N–H and O–H groups in total. The van der Waals surface area contributed by atoms with Gasteiger partial charge in [-0.15, -0.1) is 0 Å². The topological polar surface area (TPSA) is 111 Å². The quantitative estimate of drug-likeness (QED) is 0.0810. The second-order valence-electron chi connectivity index (χ2n) is 9.29. The summed E-state index contributed by atoms with van der Waals surface area (Å²) < 4.78 is 66.4. The Morgan fingerprint density at radius 1 is 0.304 bits per heavy atom. The van der Waals surface area contributed by atoms with Crippen molar-refractivity contribution in [3.8, 4) is 34.5 Å². The Morgan fingerprint density at radius 3 is 0.761 bits per heavy atom. The Bertz CT molecular complexity index is 1090. The molecule has 0 aliphatic heterocycles. The summed E-state index contributed by atoms with van der Waals surface area (Å²) in [6.45, 7) is 5.34. The van der Waals surface area contributed by atoms with E-state index >= 15 is 0 Å². The van der Waals surface area contributed by atoms with E-state index in [1.54, 1.807) is 14.2 Å². The Balaban J connectivity index is 1.15. The minimum atomic E-state index is 0.158. The van der Waals surface area contributed by atoms with E-state index < -0.39 is 0 Å². The number of hydrogen-bond acceptors (Lipinski definition) is 12. The molecule has 0 unspecified atom stereocenters. The third kappa shape index (κ3) is 15.5. The number of benzene rings is 3. The first-order valence-corrected chi connectivity index (χ1v) is 15.1. The predicted molar refractivity (Wildman–Crippen MR) is 170 cm³/mol. The van der Waals surface area contributed by atoms with Crippen molar-refractivity contribution in [2.24, 2.45) is 0 Å². The molecule has 0 fully saturated rings. The van der Waals surface area contributed by atoms with Gasteiger partial charge in [-0.05, 0) is 36.4 Å². The van der Waals surface area contributed by atoms with E-state index in [9.17, 15) is 0 Å². The summed E-state index contributed by atoms with van der Waals surface area (Å²) >= 11 is 0. The molecule has 12 nitrogen and oxygen atoms in total. The van der Waals surface area contributed by atoms with Crippen LogP contribution in [-0.2, 0) is 28.4 Å². The number of hydrogen-bond donors (Lipinski definition) is 0. The minimum absolute atomic E-state index is 0.158. The molecule has 0 saturated heterocycles. The monoisotopic (exact) mass is 646 g/mol. The van der Waals surface area contributed by atoms with Gasteiger partial charge >= 0.3 is 0 Å². The van der Waals surface area contributed by atoms with Crippen LogP contribution in [0.15, 0.2) is 72.8 Å². The molecule has 0 aromatic heterocycles. The van der Waals surface area contributed by atoms with Crippen LogP contribution in [0.3, 0.4) is 0 Å². The van der Waals surface area contributed by atoms with Gasteiger partial charge in [0.15, 0.2) is 48.1 Å². The van der Waals surface area contributed by atoms with Gasteiger partial charge in [0.1, 0.15) is 26.4 Å². The fraction of sp³-hybridized carbons (Fsp3) is 0.471. The van der Waals surface area contributed by atoms with Crippen LogP contribution >= 0.6 is 0 Å². The van der Waals surface area contributed by atoms with Crippen LogP contribution in [0, 0.1) is 0 Å². The van der Waals surface area contributed by atoms with Gasteiger partial charge in [0.25, 0.3) is 0 Å². The Morgan fingerprint density at radius 2 is 0.522 bits per heavy atom. The fourth-order valence-electron chi connectivity index (χ4n) is 3.80. The summed E-state index contributed by atoms with van der Waals surface area (Å²) in [5, 5.41) is 0. The second kappa shape index (κ2) is 24.5. The molecule has 0 radical (unpaired) electrons. The van der Waals surface area contributed by atoms with Crippen LogP contribution in [0.5, 0.6) is 34.5 Å². The second-order valence-corrected chi connectivity index (χ2v) is 9.29. The first kappa shape index (κ1) is 36.7. The maximum Gasteiger partial charge on any atom is 0.188 e. The highest BCUT2D eigenvalue weighted by atomic mass is 16.7. The summed E-state index contributed by atoms with van der Waals surface area (Å²) in [6, 6.07) is 22.3. The molecule has 3 aromatic carbocycles. The van der Waals surface area contributed by atoms with Crippen molar-refractivity contribution in [1.29, 1.82) is 0 Å². The SMILES string of the molecule is COCOc1ccccc1OCCOCCOCCOc1ccccc1OCCOCCOCCOc1ccccc1OCOC. The zero-order chi connectivity index (χ0) is 32.3. The van der Waals surface area contributed by atoms with Gasteiger partial charge in [0.2, 0.25) is 0 Å². The maximum absolute atomic E-state index is 5.84. The Labute approximate surface area is 271 Å². The number of methoxy groups -OCH3 is 2. The van der Waals surface area contributed by atoms with E-state index in [4.69, 9.17) is 56.8 Å². The average molecular weight is 647 g/mol. The number of rotatable bonds is 28. The third-order valence-corrected chi connectivity index (χ3v) is 5.90. The Kier molecular flexibility index (Phi) is 19.5. The van der Waals surface area contributed by atoms with Crippen molar-refractivity contribution in [3.05, 3.63) is 72.8 Å². The lowest BCUT2D eigenvalue weighted by Gasteiger charge is -2.13. The molecule has 46 heavy (non-hydrogen) atoms. The minimum Gasteiger partial charge on any atom is -0.487 e. The highest BCUT2D eigenvalue weighted by Gasteiger charge is 2.06. The lowest BCUT2D eigenvalue weighted by atomic mass is 10.3. The van der Waals surface area contributed by atoms with E-state index in [0.29, 0.717) is 114 Å². The molecular weight excluding hydrogens is 600 g/mol. The van der Waals surface area contributed by atoms with E-state index in [2.05, 4.69) is 0 Å². The summed E-state index contributed by atoms with van der Waals surface area (Å²) in [4.78, 5) is 0. The van der Waals surface area contributed by atoms with Crippen LogP contribution in [-0.4, -0.2) is 107 Å². The predicted octanol–water partition coefficient (Wildman–Crippen LogP) is 4.63. The summed E-state index contributed by atoms with van der Waals surface area (Å²) in [5.41, 5.74) is 0. The molecule has 0 spiro atoms. The third-order valence-electron chi connectivity index (χ3n) is 5.90. The average Bonchev–Trinajstić information content (AvgIpc) is 3.09. The van der Waals surface area contributed by atoms with Crippen LogP contribution in [0.2, 0.25) is 0 Å². The standard InChI is InChI=1S/C34H46O12/c1-35-27-45-33-13-7-5-11-31(33)43-25-21-39-17-15-37-19-23-41-29-9-3-4-10-30(29)42-24-20-38-16-18-40-22-26-44-32-12-6-8-14-34(32)46-28-36-2/h3-14H,15-28H2,1-2H3. The van der Waals surface area contributed by atoms with Crippen molar-refractivity contribution in [1.82, 2.24) is 0 Å². The van der Waals surface area contributed by atoms with Gasteiger partial charge in [-0.2, -0.15) is 0 Å². The highest BCUT2D eigenvalue weighted by molar-refractivity contribution is 5.40. The van der Waals surface area contributed by atoms with Gasteiger partial charge in [-0.3, -0.25) is 0 Å². The number of para-hydroxylation sites is 6. The summed E-state index contributed by atoms with van der Waals surface area (Å²) in [5.74, 6) is 3.83. The van der Waals surface area contributed by atoms with Gasteiger partial charge in [-0.1, -0.05) is 36.4 Å². The van der Waals surface area contributed by atoms with Gasteiger partial charge in [0.05, 0.1) is 52.9 Å². The van der Waals surface area contributed by atoms with E-state index in [0.717, 1.165) is 0 Å². The molecule has 0 aliphatic carbocycles. The lowest BCUT2D eigenvalue weighted by Crippen LogP contribution is -2.15. The molecule has 0 bridgehead atoms. The first-order valence-electron chi connectivity index (χ1n) is 15.1. The molecule has 3 rings (SSSR count).